The number of pyridine rings is 2. The van der Waals surface area contributed by atoms with E-state index in [4.69, 9.17) is 4.98 Å². The lowest BCUT2D eigenvalue weighted by Crippen LogP contribution is -2.29. The molecule has 0 bridgehead atoms. The SMILES string of the molecule is CC(C)N(C)c1nc(-c2ccc(C(C)(C)O)nc2)cc2ncn(C)c(=O)c12. The van der Waals surface area contributed by atoms with Crippen LogP contribution in [0, 0.1) is 0 Å². The zero-order chi connectivity index (χ0) is 19.9. The highest BCUT2D eigenvalue weighted by Crippen LogP contribution is 2.28. The minimum Gasteiger partial charge on any atom is -0.384 e. The summed E-state index contributed by atoms with van der Waals surface area (Å²) in [7, 11) is 3.60. The van der Waals surface area contributed by atoms with Crippen molar-refractivity contribution in [1.29, 1.82) is 0 Å². The summed E-state index contributed by atoms with van der Waals surface area (Å²) in [5, 5.41) is 10.6. The molecular weight excluding hydrogens is 342 g/mol. The van der Waals surface area contributed by atoms with E-state index in [2.05, 4.69) is 9.97 Å². The van der Waals surface area contributed by atoms with Crippen LogP contribution < -0.4 is 10.5 Å². The fourth-order valence-corrected chi connectivity index (χ4v) is 2.76. The summed E-state index contributed by atoms with van der Waals surface area (Å²) in [6.45, 7) is 7.47. The van der Waals surface area contributed by atoms with E-state index in [9.17, 15) is 9.90 Å². The molecule has 0 saturated heterocycles. The number of fused-ring (bicyclic) bond motifs is 1. The number of aromatic nitrogens is 4. The zero-order valence-corrected chi connectivity index (χ0v) is 16.6. The fraction of sp³-hybridized carbons (Fsp3) is 0.400. The Morgan fingerprint density at radius 2 is 1.93 bits per heavy atom. The molecule has 27 heavy (non-hydrogen) atoms. The van der Waals surface area contributed by atoms with Gasteiger partial charge in [-0.2, -0.15) is 0 Å². The summed E-state index contributed by atoms with van der Waals surface area (Å²) in [5.74, 6) is 0.595. The molecule has 1 N–H and O–H groups in total. The third kappa shape index (κ3) is 3.55. The van der Waals surface area contributed by atoms with Gasteiger partial charge in [-0.15, -0.1) is 0 Å². The molecule has 0 radical (unpaired) electrons. The van der Waals surface area contributed by atoms with Gasteiger partial charge in [0.15, 0.2) is 0 Å². The molecule has 3 aromatic heterocycles. The first-order chi connectivity index (χ1) is 12.6. The van der Waals surface area contributed by atoms with Gasteiger partial charge in [-0.25, -0.2) is 9.97 Å². The average Bonchev–Trinajstić information content (AvgIpc) is 2.62. The van der Waals surface area contributed by atoms with E-state index in [1.165, 1.54) is 10.9 Å². The first-order valence-electron chi connectivity index (χ1n) is 8.88. The summed E-state index contributed by atoms with van der Waals surface area (Å²) in [4.78, 5) is 28.2. The molecule has 0 aliphatic rings. The molecule has 0 fully saturated rings. The lowest BCUT2D eigenvalue weighted by Gasteiger charge is -2.24. The third-order valence-corrected chi connectivity index (χ3v) is 4.68. The van der Waals surface area contributed by atoms with E-state index in [0.717, 1.165) is 5.56 Å². The van der Waals surface area contributed by atoms with E-state index >= 15 is 0 Å². The summed E-state index contributed by atoms with van der Waals surface area (Å²) >= 11 is 0. The van der Waals surface area contributed by atoms with Gasteiger partial charge in [0.1, 0.15) is 16.8 Å². The largest absolute Gasteiger partial charge is 0.384 e. The average molecular weight is 367 g/mol. The van der Waals surface area contributed by atoms with Crippen LogP contribution in [0.1, 0.15) is 33.4 Å². The third-order valence-electron chi connectivity index (χ3n) is 4.68. The van der Waals surface area contributed by atoms with E-state index in [0.29, 0.717) is 28.1 Å². The van der Waals surface area contributed by atoms with Crippen molar-refractivity contribution in [2.24, 2.45) is 7.05 Å². The Balaban J connectivity index is 2.23. The number of hydrogen-bond donors (Lipinski definition) is 1. The predicted octanol–water partition coefficient (Wildman–Crippen LogP) is 2.46. The molecular formula is C20H25N5O2. The van der Waals surface area contributed by atoms with Crippen molar-refractivity contribution in [2.45, 2.75) is 39.3 Å². The van der Waals surface area contributed by atoms with E-state index in [-0.39, 0.29) is 11.6 Å². The quantitative estimate of drug-likeness (QED) is 0.763. The van der Waals surface area contributed by atoms with Crippen LogP contribution in [0.4, 0.5) is 5.82 Å². The minimum absolute atomic E-state index is 0.128. The Morgan fingerprint density at radius 3 is 2.48 bits per heavy atom. The van der Waals surface area contributed by atoms with Crippen molar-refractivity contribution in [3.05, 3.63) is 46.8 Å². The van der Waals surface area contributed by atoms with Gasteiger partial charge in [0, 0.05) is 31.9 Å². The predicted molar refractivity (Wildman–Crippen MR) is 107 cm³/mol. The van der Waals surface area contributed by atoms with Gasteiger partial charge in [-0.3, -0.25) is 9.78 Å². The molecule has 142 valence electrons. The van der Waals surface area contributed by atoms with E-state index in [1.54, 1.807) is 39.2 Å². The molecule has 0 saturated carbocycles. The zero-order valence-electron chi connectivity index (χ0n) is 16.6. The van der Waals surface area contributed by atoms with Crippen LogP contribution in [0.15, 0.2) is 35.5 Å². The second-order valence-corrected chi connectivity index (χ2v) is 7.58. The van der Waals surface area contributed by atoms with Crippen molar-refractivity contribution in [2.75, 3.05) is 11.9 Å². The van der Waals surface area contributed by atoms with Crippen LogP contribution in [0.2, 0.25) is 0 Å². The maximum Gasteiger partial charge on any atom is 0.264 e. The number of nitrogens with zero attached hydrogens (tertiary/aromatic N) is 5. The molecule has 0 aromatic carbocycles. The second-order valence-electron chi connectivity index (χ2n) is 7.58. The van der Waals surface area contributed by atoms with Gasteiger partial charge in [0.25, 0.3) is 5.56 Å². The Labute approximate surface area is 158 Å². The van der Waals surface area contributed by atoms with E-state index < -0.39 is 5.60 Å². The summed E-state index contributed by atoms with van der Waals surface area (Å²) in [5.41, 5.74) is 1.52. The maximum atomic E-state index is 12.7. The topological polar surface area (TPSA) is 84.1 Å². The fourth-order valence-electron chi connectivity index (χ4n) is 2.76. The molecule has 0 aliphatic carbocycles. The molecule has 0 amide bonds. The molecule has 3 aromatic rings. The Hall–Kier alpha value is -2.80. The van der Waals surface area contributed by atoms with E-state index in [1.807, 2.05) is 31.9 Å². The number of hydrogen-bond acceptors (Lipinski definition) is 6. The van der Waals surface area contributed by atoms with Crippen molar-refractivity contribution >= 4 is 16.7 Å². The molecule has 0 aliphatic heterocycles. The lowest BCUT2D eigenvalue weighted by molar-refractivity contribution is 0.0739. The Bertz CT molecular complexity index is 1030. The van der Waals surface area contributed by atoms with Crippen molar-refractivity contribution in [1.82, 2.24) is 19.5 Å². The molecule has 3 heterocycles. The van der Waals surface area contributed by atoms with Crippen molar-refractivity contribution in [3.63, 3.8) is 0 Å². The van der Waals surface area contributed by atoms with Gasteiger partial charge < -0.3 is 14.6 Å². The van der Waals surface area contributed by atoms with Gasteiger partial charge in [-0.1, -0.05) is 0 Å². The molecule has 3 rings (SSSR count). The number of aliphatic hydroxyl groups is 1. The highest BCUT2D eigenvalue weighted by Gasteiger charge is 2.20. The summed E-state index contributed by atoms with van der Waals surface area (Å²) < 4.78 is 1.46. The number of rotatable bonds is 4. The molecule has 0 unspecified atom stereocenters. The highest BCUT2D eigenvalue weighted by molar-refractivity contribution is 5.91. The number of aryl methyl sites for hydroxylation is 1. The van der Waals surface area contributed by atoms with Gasteiger partial charge in [0.2, 0.25) is 0 Å². The summed E-state index contributed by atoms with van der Waals surface area (Å²) in [6.07, 6.45) is 3.20. The first kappa shape index (κ1) is 19.0. The van der Waals surface area contributed by atoms with Crippen LogP contribution in [0.3, 0.4) is 0 Å². The molecule has 7 nitrogen and oxygen atoms in total. The van der Waals surface area contributed by atoms with Gasteiger partial charge >= 0.3 is 0 Å². The first-order valence-corrected chi connectivity index (χ1v) is 8.88. The highest BCUT2D eigenvalue weighted by atomic mass is 16.3. The Morgan fingerprint density at radius 1 is 1.22 bits per heavy atom. The van der Waals surface area contributed by atoms with Crippen LogP contribution in [-0.2, 0) is 12.6 Å². The molecule has 0 atom stereocenters. The Kier molecular flexibility index (Phi) is 4.73. The molecule has 7 heteroatoms. The monoisotopic (exact) mass is 367 g/mol. The smallest absolute Gasteiger partial charge is 0.264 e. The lowest BCUT2D eigenvalue weighted by atomic mass is 10.0. The normalized spacial score (nSPS) is 12.0. The molecule has 0 spiro atoms. The van der Waals surface area contributed by atoms with Gasteiger partial charge in [-0.05, 0) is 45.9 Å². The van der Waals surface area contributed by atoms with Crippen molar-refractivity contribution < 1.29 is 5.11 Å². The maximum absolute atomic E-state index is 12.7. The standard InChI is InChI=1S/C20H25N5O2/c1-12(2)25(6)18-17-15(22-11-24(5)19(17)26)9-14(23-18)13-7-8-16(21-10-13)20(3,4)27/h7-12,27H,1-6H3. The second kappa shape index (κ2) is 6.74. The minimum atomic E-state index is -1.01. The summed E-state index contributed by atoms with van der Waals surface area (Å²) in [6, 6.07) is 5.62. The van der Waals surface area contributed by atoms with Crippen LogP contribution in [0.5, 0.6) is 0 Å². The van der Waals surface area contributed by atoms with Gasteiger partial charge in [0.05, 0.1) is 23.2 Å². The number of anilines is 1. The van der Waals surface area contributed by atoms with Crippen LogP contribution in [-0.4, -0.2) is 37.7 Å². The van der Waals surface area contributed by atoms with Crippen molar-refractivity contribution in [3.8, 4) is 11.3 Å². The van der Waals surface area contributed by atoms with Crippen LogP contribution >= 0.6 is 0 Å². The van der Waals surface area contributed by atoms with Crippen LogP contribution in [0.25, 0.3) is 22.2 Å².